The molecule has 0 aliphatic heterocycles. The van der Waals surface area contributed by atoms with E-state index in [0.29, 0.717) is 28.5 Å². The Morgan fingerprint density at radius 3 is 2.19 bits per heavy atom. The SMILES string of the molecule is C=CC(=O)OCc1cc(C)c(C=O)c(COC(=O)C=C)c1. The van der Waals surface area contributed by atoms with Crippen molar-refractivity contribution >= 4 is 18.2 Å². The highest BCUT2D eigenvalue weighted by atomic mass is 16.5. The van der Waals surface area contributed by atoms with E-state index in [1.54, 1.807) is 19.1 Å². The van der Waals surface area contributed by atoms with E-state index >= 15 is 0 Å². The van der Waals surface area contributed by atoms with Crippen LogP contribution >= 0.6 is 0 Å². The minimum Gasteiger partial charge on any atom is -0.458 e. The summed E-state index contributed by atoms with van der Waals surface area (Å²) in [7, 11) is 0. The average Bonchev–Trinajstić information content (AvgIpc) is 2.49. The van der Waals surface area contributed by atoms with Crippen LogP contribution in [0.3, 0.4) is 0 Å². The van der Waals surface area contributed by atoms with Crippen molar-refractivity contribution in [2.75, 3.05) is 0 Å². The number of esters is 2. The van der Waals surface area contributed by atoms with Crippen LogP contribution in [0.15, 0.2) is 37.4 Å². The van der Waals surface area contributed by atoms with Gasteiger partial charge in [0.2, 0.25) is 0 Å². The Morgan fingerprint density at radius 2 is 1.67 bits per heavy atom. The summed E-state index contributed by atoms with van der Waals surface area (Å²) in [4.78, 5) is 33.3. The summed E-state index contributed by atoms with van der Waals surface area (Å²) in [6.45, 7) is 8.35. The van der Waals surface area contributed by atoms with Gasteiger partial charge in [-0.1, -0.05) is 19.2 Å². The quantitative estimate of drug-likeness (QED) is 0.437. The third-order valence-electron chi connectivity index (χ3n) is 2.73. The number of benzene rings is 1. The number of ether oxygens (including phenoxy) is 2. The average molecular weight is 288 g/mol. The fourth-order valence-electron chi connectivity index (χ4n) is 1.74. The van der Waals surface area contributed by atoms with Crippen molar-refractivity contribution in [2.24, 2.45) is 0 Å². The maximum absolute atomic E-state index is 11.1. The molecule has 0 aliphatic rings. The van der Waals surface area contributed by atoms with Crippen LogP contribution in [0.5, 0.6) is 0 Å². The molecule has 0 aliphatic carbocycles. The van der Waals surface area contributed by atoms with E-state index in [1.807, 2.05) is 0 Å². The van der Waals surface area contributed by atoms with Crippen LogP contribution in [0.1, 0.15) is 27.0 Å². The topological polar surface area (TPSA) is 69.7 Å². The van der Waals surface area contributed by atoms with Gasteiger partial charge >= 0.3 is 11.9 Å². The second-order valence-electron chi connectivity index (χ2n) is 4.23. The largest absolute Gasteiger partial charge is 0.458 e. The molecule has 0 heterocycles. The van der Waals surface area contributed by atoms with E-state index < -0.39 is 11.9 Å². The standard InChI is InChI=1S/C16H16O5/c1-4-15(18)20-9-12-6-11(3)14(8-17)13(7-12)10-21-16(19)5-2/h4-8H,1-2,9-10H2,3H3. The lowest BCUT2D eigenvalue weighted by Gasteiger charge is -2.11. The van der Waals surface area contributed by atoms with Gasteiger partial charge in [-0.2, -0.15) is 0 Å². The van der Waals surface area contributed by atoms with Crippen molar-refractivity contribution in [3.63, 3.8) is 0 Å². The normalized spacial score (nSPS) is 9.57. The van der Waals surface area contributed by atoms with Crippen LogP contribution in [0.2, 0.25) is 0 Å². The molecule has 0 saturated carbocycles. The molecule has 0 fully saturated rings. The van der Waals surface area contributed by atoms with Crippen molar-refractivity contribution < 1.29 is 23.9 Å². The van der Waals surface area contributed by atoms with Crippen LogP contribution in [-0.4, -0.2) is 18.2 Å². The number of carbonyl (C=O) groups excluding carboxylic acids is 3. The summed E-state index contributed by atoms with van der Waals surface area (Å²) < 4.78 is 9.87. The first-order chi connectivity index (χ1) is 10.0. The van der Waals surface area contributed by atoms with Crippen molar-refractivity contribution in [3.05, 3.63) is 59.7 Å². The molecule has 5 heteroatoms. The highest BCUT2D eigenvalue weighted by molar-refractivity contribution is 5.82. The molecule has 0 spiro atoms. The van der Waals surface area contributed by atoms with Crippen molar-refractivity contribution in [2.45, 2.75) is 20.1 Å². The highest BCUT2D eigenvalue weighted by Crippen LogP contribution is 2.18. The molecule has 0 radical (unpaired) electrons. The predicted molar refractivity (Wildman–Crippen MR) is 76.6 cm³/mol. The van der Waals surface area contributed by atoms with Crippen molar-refractivity contribution in [3.8, 4) is 0 Å². The second-order valence-corrected chi connectivity index (χ2v) is 4.23. The first kappa shape index (κ1) is 16.4. The van der Waals surface area contributed by atoms with Gasteiger partial charge in [0.25, 0.3) is 0 Å². The van der Waals surface area contributed by atoms with E-state index in [2.05, 4.69) is 13.2 Å². The van der Waals surface area contributed by atoms with Gasteiger partial charge in [-0.25, -0.2) is 9.59 Å². The molecule has 0 atom stereocenters. The summed E-state index contributed by atoms with van der Waals surface area (Å²) in [6.07, 6.45) is 2.81. The van der Waals surface area contributed by atoms with E-state index in [-0.39, 0.29) is 13.2 Å². The number of aldehydes is 1. The van der Waals surface area contributed by atoms with Gasteiger partial charge < -0.3 is 9.47 Å². The fraction of sp³-hybridized carbons (Fsp3) is 0.188. The van der Waals surface area contributed by atoms with Crippen molar-refractivity contribution in [1.29, 1.82) is 0 Å². The van der Waals surface area contributed by atoms with Crippen LogP contribution in [-0.2, 0) is 32.3 Å². The highest BCUT2D eigenvalue weighted by Gasteiger charge is 2.10. The summed E-state index contributed by atoms with van der Waals surface area (Å²) in [5.74, 6) is -1.11. The van der Waals surface area contributed by atoms with Gasteiger partial charge in [0.15, 0.2) is 6.29 Å². The molecule has 0 saturated heterocycles. The van der Waals surface area contributed by atoms with E-state index in [1.165, 1.54) is 0 Å². The van der Waals surface area contributed by atoms with E-state index in [9.17, 15) is 14.4 Å². The Hall–Kier alpha value is -2.69. The number of rotatable bonds is 7. The summed E-state index contributed by atoms with van der Waals surface area (Å²) in [5.41, 5.74) is 2.40. The van der Waals surface area contributed by atoms with Crippen LogP contribution in [0.4, 0.5) is 0 Å². The third kappa shape index (κ3) is 4.72. The van der Waals surface area contributed by atoms with Crippen LogP contribution in [0.25, 0.3) is 0 Å². The Labute approximate surface area is 122 Å². The molecule has 1 aromatic carbocycles. The molecule has 21 heavy (non-hydrogen) atoms. The van der Waals surface area contributed by atoms with Gasteiger partial charge in [0, 0.05) is 23.3 Å². The second kappa shape index (κ2) is 7.79. The lowest BCUT2D eigenvalue weighted by Crippen LogP contribution is -2.07. The first-order valence-electron chi connectivity index (χ1n) is 6.17. The minimum atomic E-state index is -0.576. The Morgan fingerprint density at radius 1 is 1.10 bits per heavy atom. The van der Waals surface area contributed by atoms with E-state index in [0.717, 1.165) is 12.2 Å². The van der Waals surface area contributed by atoms with Gasteiger partial charge in [0.1, 0.15) is 13.2 Å². The lowest BCUT2D eigenvalue weighted by molar-refractivity contribution is -0.139. The Balaban J connectivity index is 2.97. The summed E-state index contributed by atoms with van der Waals surface area (Å²) in [5, 5.41) is 0. The first-order valence-corrected chi connectivity index (χ1v) is 6.17. The molecule has 0 aromatic heterocycles. The molecular weight excluding hydrogens is 272 g/mol. The van der Waals surface area contributed by atoms with E-state index in [4.69, 9.17) is 9.47 Å². The van der Waals surface area contributed by atoms with Gasteiger partial charge in [-0.05, 0) is 24.1 Å². The molecular formula is C16H16O5. The third-order valence-corrected chi connectivity index (χ3v) is 2.73. The molecule has 1 aromatic rings. The van der Waals surface area contributed by atoms with Gasteiger partial charge in [-0.3, -0.25) is 4.79 Å². The van der Waals surface area contributed by atoms with Crippen LogP contribution < -0.4 is 0 Å². The zero-order chi connectivity index (χ0) is 15.8. The number of aryl methyl sites for hydroxylation is 1. The van der Waals surface area contributed by atoms with Gasteiger partial charge in [-0.15, -0.1) is 0 Å². The molecule has 5 nitrogen and oxygen atoms in total. The summed E-state index contributed by atoms with van der Waals surface area (Å²) >= 11 is 0. The molecule has 0 amide bonds. The Bertz CT molecular complexity index is 587. The predicted octanol–water partition coefficient (Wildman–Crippen LogP) is 2.27. The minimum absolute atomic E-state index is 0.0488. The molecule has 1 rings (SSSR count). The zero-order valence-electron chi connectivity index (χ0n) is 11.8. The van der Waals surface area contributed by atoms with Crippen LogP contribution in [0, 0.1) is 6.92 Å². The zero-order valence-corrected chi connectivity index (χ0v) is 11.8. The van der Waals surface area contributed by atoms with Gasteiger partial charge in [0.05, 0.1) is 0 Å². The lowest BCUT2D eigenvalue weighted by atomic mass is 10.00. The molecule has 0 unspecified atom stereocenters. The molecule has 0 bridgehead atoms. The molecule has 0 N–H and O–H groups in total. The maximum atomic E-state index is 11.1. The number of hydrogen-bond acceptors (Lipinski definition) is 5. The fourth-order valence-corrected chi connectivity index (χ4v) is 1.74. The van der Waals surface area contributed by atoms with Crippen molar-refractivity contribution in [1.82, 2.24) is 0 Å². The Kier molecular flexibility index (Phi) is 6.07. The maximum Gasteiger partial charge on any atom is 0.330 e. The molecule has 110 valence electrons. The number of carbonyl (C=O) groups is 3. The number of hydrogen-bond donors (Lipinski definition) is 0. The summed E-state index contributed by atoms with van der Waals surface area (Å²) in [6, 6.07) is 3.39. The smallest absolute Gasteiger partial charge is 0.330 e. The monoisotopic (exact) mass is 288 g/mol.